The average Bonchev–Trinajstić information content (AvgIpc) is 3.09. The Morgan fingerprint density at radius 1 is 1.44 bits per heavy atom. The van der Waals surface area contributed by atoms with E-state index < -0.39 is 0 Å². The van der Waals surface area contributed by atoms with Crippen molar-refractivity contribution in [3.63, 3.8) is 0 Å². The molecule has 18 heavy (non-hydrogen) atoms. The molecule has 0 N–H and O–H groups in total. The number of rotatable bonds is 2. The number of nitriles is 1. The molecule has 1 aromatic carbocycles. The van der Waals surface area contributed by atoms with Gasteiger partial charge < -0.3 is 0 Å². The van der Waals surface area contributed by atoms with Gasteiger partial charge in [0.25, 0.3) is 0 Å². The summed E-state index contributed by atoms with van der Waals surface area (Å²) in [5.41, 5.74) is 1.92. The molecule has 2 aliphatic rings. The molecule has 1 aromatic rings. The molecule has 0 amide bonds. The number of carbonyl (C=O) groups excluding carboxylic acids is 1. The average molecular weight is 237 g/mol. The van der Waals surface area contributed by atoms with E-state index in [1.165, 1.54) is 5.56 Å². The Morgan fingerprint density at radius 3 is 3.00 bits per heavy atom. The molecule has 3 rings (SSSR count). The first-order chi connectivity index (χ1) is 8.66. The predicted octanol–water partition coefficient (Wildman–Crippen LogP) is 3.13. The van der Waals surface area contributed by atoms with Gasteiger partial charge in [-0.05, 0) is 30.5 Å². The molecule has 0 saturated heterocycles. The van der Waals surface area contributed by atoms with Gasteiger partial charge in [-0.1, -0.05) is 18.2 Å². The van der Waals surface area contributed by atoms with Crippen LogP contribution in [0.1, 0.15) is 36.8 Å². The Balaban J connectivity index is 2.04. The smallest absolute Gasteiger partial charge is 0.133 e. The van der Waals surface area contributed by atoms with Crippen molar-refractivity contribution in [1.29, 1.82) is 5.26 Å². The van der Waals surface area contributed by atoms with Gasteiger partial charge in [-0.3, -0.25) is 4.79 Å². The number of hydrogen-bond acceptors (Lipinski definition) is 2. The minimum Gasteiger partial charge on any atom is -0.300 e. The van der Waals surface area contributed by atoms with Crippen LogP contribution in [0.25, 0.3) is 0 Å². The van der Waals surface area contributed by atoms with E-state index in [2.05, 4.69) is 18.7 Å². The van der Waals surface area contributed by atoms with Crippen molar-refractivity contribution in [1.82, 2.24) is 0 Å². The maximum atomic E-state index is 11.7. The number of ketones is 1. The number of benzene rings is 1. The third kappa shape index (κ3) is 1.31. The fourth-order valence-corrected chi connectivity index (χ4v) is 3.62. The number of nitrogens with zero attached hydrogens (tertiary/aromatic N) is 1. The van der Waals surface area contributed by atoms with Crippen LogP contribution in [-0.2, 0) is 10.2 Å². The second-order valence-electron chi connectivity index (χ2n) is 5.53. The van der Waals surface area contributed by atoms with Crippen molar-refractivity contribution in [2.24, 2.45) is 5.41 Å². The maximum absolute atomic E-state index is 11.7. The zero-order valence-corrected chi connectivity index (χ0v) is 10.3. The molecule has 0 bridgehead atoms. The third-order valence-electron chi connectivity index (χ3n) is 4.72. The lowest BCUT2D eigenvalue weighted by Crippen LogP contribution is -2.26. The highest BCUT2D eigenvalue weighted by molar-refractivity contribution is 5.83. The fourth-order valence-electron chi connectivity index (χ4n) is 3.62. The van der Waals surface area contributed by atoms with Gasteiger partial charge in [0, 0.05) is 23.7 Å². The van der Waals surface area contributed by atoms with Gasteiger partial charge in [0.05, 0.1) is 11.6 Å². The van der Waals surface area contributed by atoms with Crippen molar-refractivity contribution in [2.45, 2.75) is 31.1 Å². The summed E-state index contributed by atoms with van der Waals surface area (Å²) in [7, 11) is 0. The van der Waals surface area contributed by atoms with Crippen LogP contribution < -0.4 is 0 Å². The molecule has 2 unspecified atom stereocenters. The van der Waals surface area contributed by atoms with E-state index in [0.717, 1.165) is 12.8 Å². The lowest BCUT2D eigenvalue weighted by atomic mass is 9.75. The zero-order chi connectivity index (χ0) is 12.8. The van der Waals surface area contributed by atoms with Crippen LogP contribution in [0.15, 0.2) is 36.9 Å². The summed E-state index contributed by atoms with van der Waals surface area (Å²) < 4.78 is 0. The number of fused-ring (bicyclic) bond motifs is 1. The van der Waals surface area contributed by atoms with E-state index in [1.807, 2.05) is 24.3 Å². The second-order valence-corrected chi connectivity index (χ2v) is 5.53. The van der Waals surface area contributed by atoms with Crippen LogP contribution in [0, 0.1) is 16.7 Å². The van der Waals surface area contributed by atoms with Crippen LogP contribution in [-0.4, -0.2) is 5.78 Å². The Hall–Kier alpha value is -1.88. The molecule has 0 radical (unpaired) electrons. The normalized spacial score (nSPS) is 33.4. The van der Waals surface area contributed by atoms with Crippen LogP contribution in [0.4, 0.5) is 0 Å². The van der Waals surface area contributed by atoms with Gasteiger partial charge in [0.1, 0.15) is 5.78 Å². The summed E-state index contributed by atoms with van der Waals surface area (Å²) >= 11 is 0. The van der Waals surface area contributed by atoms with Gasteiger partial charge in [-0.2, -0.15) is 5.26 Å². The molecular weight excluding hydrogens is 222 g/mol. The van der Waals surface area contributed by atoms with Crippen molar-refractivity contribution >= 4 is 5.78 Å². The van der Waals surface area contributed by atoms with E-state index >= 15 is 0 Å². The first-order valence-corrected chi connectivity index (χ1v) is 6.32. The van der Waals surface area contributed by atoms with E-state index in [4.69, 9.17) is 5.26 Å². The molecule has 0 heterocycles. The van der Waals surface area contributed by atoms with E-state index in [0.29, 0.717) is 24.2 Å². The molecule has 2 saturated carbocycles. The highest BCUT2D eigenvalue weighted by Gasteiger charge is 2.68. The van der Waals surface area contributed by atoms with E-state index in [-0.39, 0.29) is 10.8 Å². The molecule has 2 heteroatoms. The first kappa shape index (κ1) is 11.2. The van der Waals surface area contributed by atoms with Crippen LogP contribution in [0.2, 0.25) is 0 Å². The molecule has 0 aliphatic heterocycles. The SMILES string of the molecule is C=CC12CC(=O)CCC1(c1cccc(C#N)c1)C2. The molecule has 0 spiro atoms. The quantitative estimate of drug-likeness (QED) is 0.741. The summed E-state index contributed by atoms with van der Waals surface area (Å²) in [4.78, 5) is 11.7. The standard InChI is InChI=1S/C16H15NO/c1-2-15-9-14(18)6-7-16(15,11-15)13-5-3-4-12(8-13)10-17/h2-5,8H,1,6-7,9,11H2. The van der Waals surface area contributed by atoms with Crippen LogP contribution >= 0.6 is 0 Å². The molecule has 2 fully saturated rings. The van der Waals surface area contributed by atoms with Crippen molar-refractivity contribution in [3.8, 4) is 6.07 Å². The maximum Gasteiger partial charge on any atom is 0.133 e. The van der Waals surface area contributed by atoms with E-state index in [9.17, 15) is 4.79 Å². The lowest BCUT2D eigenvalue weighted by molar-refractivity contribution is -0.121. The summed E-state index contributed by atoms with van der Waals surface area (Å²) in [5.74, 6) is 0.347. The molecular formula is C16H15NO. The van der Waals surface area contributed by atoms with Crippen molar-refractivity contribution in [3.05, 3.63) is 48.0 Å². The summed E-state index contributed by atoms with van der Waals surface area (Å²) in [6.45, 7) is 3.93. The van der Waals surface area contributed by atoms with Gasteiger partial charge in [-0.25, -0.2) is 0 Å². The van der Waals surface area contributed by atoms with Crippen LogP contribution in [0.5, 0.6) is 0 Å². The largest absolute Gasteiger partial charge is 0.300 e. The topological polar surface area (TPSA) is 40.9 Å². The van der Waals surface area contributed by atoms with Crippen LogP contribution in [0.3, 0.4) is 0 Å². The Morgan fingerprint density at radius 2 is 2.28 bits per heavy atom. The number of Topliss-reactive ketones (excluding diaryl/α,β-unsaturated/α-hetero) is 1. The zero-order valence-electron chi connectivity index (χ0n) is 10.3. The Bertz CT molecular complexity index is 579. The van der Waals surface area contributed by atoms with Gasteiger partial charge in [0.15, 0.2) is 0 Å². The monoisotopic (exact) mass is 237 g/mol. The van der Waals surface area contributed by atoms with Crippen molar-refractivity contribution in [2.75, 3.05) is 0 Å². The van der Waals surface area contributed by atoms with Gasteiger partial charge in [0.2, 0.25) is 0 Å². The van der Waals surface area contributed by atoms with Gasteiger partial charge >= 0.3 is 0 Å². The highest BCUT2D eigenvalue weighted by atomic mass is 16.1. The highest BCUT2D eigenvalue weighted by Crippen LogP contribution is 2.71. The van der Waals surface area contributed by atoms with Gasteiger partial charge in [-0.15, -0.1) is 6.58 Å². The number of carbonyl (C=O) groups is 1. The fraction of sp³-hybridized carbons (Fsp3) is 0.375. The third-order valence-corrected chi connectivity index (χ3v) is 4.72. The Labute approximate surface area is 107 Å². The molecule has 2 atom stereocenters. The van der Waals surface area contributed by atoms with Crippen molar-refractivity contribution < 1.29 is 4.79 Å². The number of allylic oxidation sites excluding steroid dienone is 1. The molecule has 90 valence electrons. The molecule has 2 aliphatic carbocycles. The summed E-state index contributed by atoms with van der Waals surface area (Å²) in [6, 6.07) is 10.0. The predicted molar refractivity (Wildman–Crippen MR) is 68.9 cm³/mol. The second kappa shape index (κ2) is 3.55. The number of hydrogen-bond donors (Lipinski definition) is 0. The summed E-state index contributed by atoms with van der Waals surface area (Å²) in [5, 5.41) is 9.00. The lowest BCUT2D eigenvalue weighted by Gasteiger charge is -2.28. The molecule has 2 nitrogen and oxygen atoms in total. The molecule has 0 aromatic heterocycles. The van der Waals surface area contributed by atoms with E-state index in [1.54, 1.807) is 0 Å². The summed E-state index contributed by atoms with van der Waals surface area (Å²) in [6.07, 6.45) is 5.14. The Kier molecular flexibility index (Phi) is 2.22. The minimum absolute atomic E-state index is 0.0452. The first-order valence-electron chi connectivity index (χ1n) is 6.32. The minimum atomic E-state index is -0.0452.